The molecule has 4 heterocycles. The zero-order valence-electron chi connectivity index (χ0n) is 27.8. The van der Waals surface area contributed by atoms with Crippen LogP contribution in [0.2, 0.25) is 0 Å². The summed E-state index contributed by atoms with van der Waals surface area (Å²) in [6.45, 7) is 5.35. The number of likely N-dealkylation sites (tertiary alicyclic amines) is 2. The highest BCUT2D eigenvalue weighted by Gasteiger charge is 2.52. The fourth-order valence-electron chi connectivity index (χ4n) is 8.15. The van der Waals surface area contributed by atoms with E-state index < -0.39 is 29.4 Å². The van der Waals surface area contributed by atoms with Crippen LogP contribution in [0.15, 0.2) is 36.0 Å². The summed E-state index contributed by atoms with van der Waals surface area (Å²) in [6.07, 6.45) is 9.77. The van der Waals surface area contributed by atoms with Crippen molar-refractivity contribution in [1.29, 1.82) is 0 Å². The minimum Gasteiger partial charge on any atom is -0.478 e. The average molecular weight is 681 g/mol. The number of piperidine rings is 1. The summed E-state index contributed by atoms with van der Waals surface area (Å²) < 4.78 is 12.1. The Bertz CT molecular complexity index is 1410. The van der Waals surface area contributed by atoms with Gasteiger partial charge in [0.15, 0.2) is 0 Å². The van der Waals surface area contributed by atoms with Gasteiger partial charge in [0.2, 0.25) is 11.8 Å². The molecule has 2 aromatic rings. The van der Waals surface area contributed by atoms with Crippen molar-refractivity contribution in [1.82, 2.24) is 20.1 Å². The number of carboxylic acids is 1. The summed E-state index contributed by atoms with van der Waals surface area (Å²) in [4.78, 5) is 61.5. The quantitative estimate of drug-likeness (QED) is 0.372. The number of carbonyl (C=O) groups is 4. The Morgan fingerprint density at radius 3 is 2.40 bits per heavy atom. The zero-order chi connectivity index (χ0) is 33.7. The van der Waals surface area contributed by atoms with Crippen molar-refractivity contribution in [2.45, 2.75) is 82.8 Å². The lowest BCUT2D eigenvalue weighted by Gasteiger charge is -2.39. The molecule has 260 valence electrons. The van der Waals surface area contributed by atoms with Crippen LogP contribution in [0.1, 0.15) is 96.2 Å². The number of hydrogen-bond acceptors (Lipinski definition) is 8. The SMILES string of the molecule is C[C@@H](OCC1CCCCC1)C(NC(=O)[C@H]1CN(C(=O)c2cncs2)CC12CCOCC2)C(=O)N1CCC(c2ccc(C(=O)O)cc2)CC1. The molecular formula is C36H48N4O7S. The topological polar surface area (TPSA) is 138 Å². The monoisotopic (exact) mass is 680 g/mol. The molecule has 3 aliphatic heterocycles. The Hall–Kier alpha value is -3.35. The predicted molar refractivity (Wildman–Crippen MR) is 180 cm³/mol. The summed E-state index contributed by atoms with van der Waals surface area (Å²) >= 11 is 1.30. The maximum Gasteiger partial charge on any atom is 0.335 e. The van der Waals surface area contributed by atoms with E-state index in [1.165, 1.54) is 30.6 Å². The van der Waals surface area contributed by atoms with Crippen LogP contribution >= 0.6 is 11.3 Å². The van der Waals surface area contributed by atoms with Crippen LogP contribution in [0.25, 0.3) is 0 Å². The summed E-state index contributed by atoms with van der Waals surface area (Å²) in [7, 11) is 0. The van der Waals surface area contributed by atoms with Crippen LogP contribution in [0.5, 0.6) is 0 Å². The second-order valence-electron chi connectivity index (χ2n) is 14.1. The fraction of sp³-hybridized carbons (Fsp3) is 0.639. The minimum absolute atomic E-state index is 0.115. The van der Waals surface area contributed by atoms with Gasteiger partial charge in [-0.3, -0.25) is 19.4 Å². The molecule has 1 spiro atoms. The van der Waals surface area contributed by atoms with Gasteiger partial charge < -0.3 is 29.7 Å². The summed E-state index contributed by atoms with van der Waals surface area (Å²) in [5, 5.41) is 12.4. The molecule has 2 N–H and O–H groups in total. The van der Waals surface area contributed by atoms with E-state index >= 15 is 0 Å². The first kappa shape index (κ1) is 34.5. The van der Waals surface area contributed by atoms with Crippen LogP contribution < -0.4 is 5.32 Å². The highest BCUT2D eigenvalue weighted by Crippen LogP contribution is 2.45. The number of carbonyl (C=O) groups excluding carboxylic acids is 3. The molecule has 4 aliphatic rings. The van der Waals surface area contributed by atoms with Crippen LogP contribution in [0.4, 0.5) is 0 Å². The zero-order valence-corrected chi connectivity index (χ0v) is 28.6. The number of carboxylic acid groups (broad SMARTS) is 1. The third-order valence-electron chi connectivity index (χ3n) is 11.2. The number of aromatic carboxylic acids is 1. The Morgan fingerprint density at radius 1 is 1.04 bits per heavy atom. The van der Waals surface area contributed by atoms with E-state index in [-0.39, 0.29) is 35.7 Å². The molecule has 0 bridgehead atoms. The molecule has 3 amide bonds. The Morgan fingerprint density at radius 2 is 1.75 bits per heavy atom. The Kier molecular flexibility index (Phi) is 11.1. The van der Waals surface area contributed by atoms with Gasteiger partial charge in [-0.1, -0.05) is 31.4 Å². The number of ether oxygens (including phenoxy) is 2. The molecule has 48 heavy (non-hydrogen) atoms. The van der Waals surface area contributed by atoms with Crippen molar-refractivity contribution in [2.24, 2.45) is 17.3 Å². The summed E-state index contributed by atoms with van der Waals surface area (Å²) in [5.41, 5.74) is 2.55. The van der Waals surface area contributed by atoms with Gasteiger partial charge in [0.05, 0.1) is 29.3 Å². The predicted octanol–water partition coefficient (Wildman–Crippen LogP) is 4.59. The number of benzene rings is 1. The molecule has 1 aromatic carbocycles. The third kappa shape index (κ3) is 7.76. The number of nitrogens with zero attached hydrogens (tertiary/aromatic N) is 3. The molecule has 1 aliphatic carbocycles. The fourth-order valence-corrected chi connectivity index (χ4v) is 8.73. The second kappa shape index (κ2) is 15.5. The van der Waals surface area contributed by atoms with E-state index in [1.54, 1.807) is 28.7 Å². The molecular weight excluding hydrogens is 632 g/mol. The van der Waals surface area contributed by atoms with Crippen molar-refractivity contribution in [2.75, 3.05) is 46.0 Å². The summed E-state index contributed by atoms with van der Waals surface area (Å²) in [5.74, 6) is -1.21. The number of nitrogens with one attached hydrogen (secondary N) is 1. The van der Waals surface area contributed by atoms with Gasteiger partial charge in [0, 0.05) is 51.4 Å². The van der Waals surface area contributed by atoms with Crippen LogP contribution in [-0.4, -0.2) is 102 Å². The third-order valence-corrected chi connectivity index (χ3v) is 11.9. The molecule has 11 nitrogen and oxygen atoms in total. The lowest BCUT2D eigenvalue weighted by atomic mass is 9.71. The first-order valence-electron chi connectivity index (χ1n) is 17.5. The van der Waals surface area contributed by atoms with Gasteiger partial charge in [-0.15, -0.1) is 11.3 Å². The summed E-state index contributed by atoms with van der Waals surface area (Å²) in [6, 6.07) is 6.15. The van der Waals surface area contributed by atoms with Crippen molar-refractivity contribution >= 4 is 35.0 Å². The van der Waals surface area contributed by atoms with Gasteiger partial charge in [0.25, 0.3) is 5.91 Å². The van der Waals surface area contributed by atoms with Crippen molar-refractivity contribution in [3.05, 3.63) is 52.0 Å². The number of aromatic nitrogens is 1. The van der Waals surface area contributed by atoms with E-state index in [0.29, 0.717) is 63.1 Å². The molecule has 3 saturated heterocycles. The first-order valence-corrected chi connectivity index (χ1v) is 18.4. The van der Waals surface area contributed by atoms with Gasteiger partial charge >= 0.3 is 5.97 Å². The molecule has 1 saturated carbocycles. The molecule has 1 aromatic heterocycles. The highest BCUT2D eigenvalue weighted by atomic mass is 32.1. The second-order valence-corrected chi connectivity index (χ2v) is 15.0. The lowest BCUT2D eigenvalue weighted by Crippen LogP contribution is -2.58. The van der Waals surface area contributed by atoms with E-state index in [1.807, 2.05) is 24.0 Å². The average Bonchev–Trinajstić information content (AvgIpc) is 3.79. The van der Waals surface area contributed by atoms with E-state index in [0.717, 1.165) is 31.2 Å². The van der Waals surface area contributed by atoms with Crippen LogP contribution in [0.3, 0.4) is 0 Å². The minimum atomic E-state index is -0.950. The first-order chi connectivity index (χ1) is 23.2. The normalized spacial score (nSPS) is 23.1. The number of amides is 3. The standard InChI is InChI=1S/C36H48N4O7S/c1-24(47-21-25-5-3-2-4-6-25)31(34(43)39-15-11-27(12-16-39)26-7-9-28(10-8-26)35(44)45)38-32(41)29-20-40(33(42)30-19-37-23-48-30)22-36(29)13-17-46-18-14-36/h7-10,19,23-25,27,29,31H,2-6,11-18,20-22H2,1H3,(H,38,41)(H,44,45)/t24-,29-,31?/m1/s1. The van der Waals surface area contributed by atoms with E-state index in [4.69, 9.17) is 9.47 Å². The highest BCUT2D eigenvalue weighted by molar-refractivity contribution is 7.11. The Balaban J connectivity index is 1.16. The molecule has 3 atom stereocenters. The smallest absolute Gasteiger partial charge is 0.335 e. The number of thiazole rings is 1. The van der Waals surface area contributed by atoms with Crippen molar-refractivity contribution in [3.63, 3.8) is 0 Å². The molecule has 12 heteroatoms. The van der Waals surface area contributed by atoms with E-state index in [2.05, 4.69) is 10.3 Å². The molecule has 4 fully saturated rings. The molecule has 1 unspecified atom stereocenters. The lowest BCUT2D eigenvalue weighted by molar-refractivity contribution is -0.144. The maximum atomic E-state index is 14.3. The van der Waals surface area contributed by atoms with Gasteiger partial charge in [-0.05, 0) is 75.0 Å². The number of rotatable bonds is 10. The van der Waals surface area contributed by atoms with Gasteiger partial charge in [-0.25, -0.2) is 4.79 Å². The Labute approximate surface area is 286 Å². The van der Waals surface area contributed by atoms with Gasteiger partial charge in [0.1, 0.15) is 10.9 Å². The van der Waals surface area contributed by atoms with Crippen LogP contribution in [0, 0.1) is 17.3 Å². The van der Waals surface area contributed by atoms with Crippen molar-refractivity contribution < 1.29 is 33.8 Å². The van der Waals surface area contributed by atoms with Crippen LogP contribution in [-0.2, 0) is 19.1 Å². The molecule has 0 radical (unpaired) electrons. The maximum absolute atomic E-state index is 14.3. The largest absolute Gasteiger partial charge is 0.478 e. The van der Waals surface area contributed by atoms with Gasteiger partial charge in [-0.2, -0.15) is 0 Å². The number of hydrogen-bond donors (Lipinski definition) is 2. The molecule has 6 rings (SSSR count). The van der Waals surface area contributed by atoms with E-state index in [9.17, 15) is 24.3 Å². The van der Waals surface area contributed by atoms with Crippen molar-refractivity contribution in [3.8, 4) is 0 Å².